The number of hydrogen-bond donors (Lipinski definition) is 3. The highest BCUT2D eigenvalue weighted by Crippen LogP contribution is 2.60. The van der Waals surface area contributed by atoms with Gasteiger partial charge in [-0.3, -0.25) is 25.0 Å². The monoisotopic (exact) mass is 380 g/mol. The standard InChI is InChI=1S/C20H24N6O2/c27-16(23-19-24-17(25-26-19)15-3-1-2-4-21-15)11-22-18(28)20-8-12-5-13(9-20)7-14(6-12)10-20/h1-4,12-14H,5-11H2,(H,22,28)(H2,23,24,25,26,27). The highest BCUT2D eigenvalue weighted by Gasteiger charge is 2.54. The van der Waals surface area contributed by atoms with Crippen molar-refractivity contribution in [3.8, 4) is 11.5 Å². The van der Waals surface area contributed by atoms with Gasteiger partial charge in [-0.15, -0.1) is 5.10 Å². The normalized spacial score (nSPS) is 30.2. The molecule has 0 unspecified atom stereocenters. The molecule has 4 bridgehead atoms. The van der Waals surface area contributed by atoms with Crippen LogP contribution in [0.5, 0.6) is 0 Å². The molecule has 2 aromatic heterocycles. The van der Waals surface area contributed by atoms with Crippen LogP contribution in [0, 0.1) is 23.2 Å². The van der Waals surface area contributed by atoms with E-state index in [1.807, 2.05) is 12.1 Å². The summed E-state index contributed by atoms with van der Waals surface area (Å²) in [6.07, 6.45) is 8.49. The minimum absolute atomic E-state index is 0.0471. The second-order valence-electron chi connectivity index (χ2n) is 8.65. The van der Waals surface area contributed by atoms with Crippen LogP contribution in [0.1, 0.15) is 38.5 Å². The molecule has 4 aliphatic rings. The van der Waals surface area contributed by atoms with E-state index in [4.69, 9.17) is 0 Å². The summed E-state index contributed by atoms with van der Waals surface area (Å²) >= 11 is 0. The summed E-state index contributed by atoms with van der Waals surface area (Å²) in [5.74, 6) is 2.47. The predicted molar refractivity (Wildman–Crippen MR) is 102 cm³/mol. The van der Waals surface area contributed by atoms with Crippen molar-refractivity contribution in [1.82, 2.24) is 25.5 Å². The van der Waals surface area contributed by atoms with E-state index in [1.54, 1.807) is 12.3 Å². The van der Waals surface area contributed by atoms with Crippen LogP contribution < -0.4 is 10.6 Å². The van der Waals surface area contributed by atoms with Crippen molar-refractivity contribution in [3.05, 3.63) is 24.4 Å². The lowest BCUT2D eigenvalue weighted by atomic mass is 9.49. The first-order chi connectivity index (χ1) is 13.6. The van der Waals surface area contributed by atoms with E-state index in [1.165, 1.54) is 19.3 Å². The number of nitrogens with one attached hydrogen (secondary N) is 3. The number of hydrogen-bond acceptors (Lipinski definition) is 5. The number of anilines is 1. The summed E-state index contributed by atoms with van der Waals surface area (Å²) < 4.78 is 0. The molecule has 0 saturated heterocycles. The fourth-order valence-electron chi connectivity index (χ4n) is 5.84. The van der Waals surface area contributed by atoms with E-state index in [2.05, 4.69) is 30.8 Å². The van der Waals surface area contributed by atoms with E-state index in [-0.39, 0.29) is 29.7 Å². The molecule has 8 nitrogen and oxygen atoms in total. The lowest BCUT2D eigenvalue weighted by molar-refractivity contribution is -0.146. The zero-order valence-electron chi connectivity index (χ0n) is 15.6. The van der Waals surface area contributed by atoms with Gasteiger partial charge in [0.15, 0.2) is 5.82 Å². The molecule has 2 heterocycles. The molecule has 6 rings (SSSR count). The Balaban J connectivity index is 1.17. The van der Waals surface area contributed by atoms with Crippen LogP contribution >= 0.6 is 0 Å². The van der Waals surface area contributed by atoms with Crippen molar-refractivity contribution in [2.75, 3.05) is 11.9 Å². The van der Waals surface area contributed by atoms with Gasteiger partial charge in [-0.25, -0.2) is 0 Å². The van der Waals surface area contributed by atoms with Gasteiger partial charge in [0.2, 0.25) is 17.8 Å². The molecule has 8 heteroatoms. The molecule has 4 saturated carbocycles. The molecule has 0 aliphatic heterocycles. The minimum Gasteiger partial charge on any atom is -0.347 e. The average Bonchev–Trinajstić information content (AvgIpc) is 3.14. The molecule has 0 spiro atoms. The number of amides is 2. The number of nitrogens with zero attached hydrogens (tertiary/aromatic N) is 3. The summed E-state index contributed by atoms with van der Waals surface area (Å²) in [6.45, 7) is -0.0615. The van der Waals surface area contributed by atoms with Crippen LogP contribution in [0.15, 0.2) is 24.4 Å². The maximum absolute atomic E-state index is 12.9. The largest absolute Gasteiger partial charge is 0.347 e. The molecule has 3 N–H and O–H groups in total. The maximum Gasteiger partial charge on any atom is 0.249 e. The van der Waals surface area contributed by atoms with E-state index in [0.29, 0.717) is 29.3 Å². The molecule has 2 aromatic rings. The van der Waals surface area contributed by atoms with Crippen molar-refractivity contribution < 1.29 is 9.59 Å². The van der Waals surface area contributed by atoms with E-state index in [0.717, 1.165) is 19.3 Å². The minimum atomic E-state index is -0.329. The van der Waals surface area contributed by atoms with Crippen LogP contribution in [-0.4, -0.2) is 38.5 Å². The molecule has 0 radical (unpaired) electrons. The van der Waals surface area contributed by atoms with Gasteiger partial charge in [0.05, 0.1) is 6.54 Å². The topological polar surface area (TPSA) is 113 Å². The first kappa shape index (κ1) is 17.3. The van der Waals surface area contributed by atoms with Crippen LogP contribution in [0.3, 0.4) is 0 Å². The Bertz CT molecular complexity index is 858. The third-order valence-electron chi connectivity index (χ3n) is 6.57. The van der Waals surface area contributed by atoms with Crippen molar-refractivity contribution in [1.29, 1.82) is 0 Å². The number of carbonyl (C=O) groups is 2. The van der Waals surface area contributed by atoms with Gasteiger partial charge in [0, 0.05) is 11.6 Å². The van der Waals surface area contributed by atoms with Crippen molar-refractivity contribution in [2.45, 2.75) is 38.5 Å². The van der Waals surface area contributed by atoms with Gasteiger partial charge in [-0.2, -0.15) is 4.98 Å². The molecule has 4 fully saturated rings. The van der Waals surface area contributed by atoms with Gasteiger partial charge >= 0.3 is 0 Å². The average molecular weight is 380 g/mol. The fourth-order valence-corrected chi connectivity index (χ4v) is 5.84. The zero-order valence-corrected chi connectivity index (χ0v) is 15.6. The molecule has 2 amide bonds. The number of aromatic amines is 1. The van der Waals surface area contributed by atoms with Crippen LogP contribution in [0.2, 0.25) is 0 Å². The number of H-pyrrole nitrogens is 1. The Kier molecular flexibility index (Phi) is 4.14. The molecule has 146 valence electrons. The maximum atomic E-state index is 12.9. The SMILES string of the molecule is O=C(CNC(=O)C12CC3CC(CC(C3)C1)C2)Nc1n[nH]c(-c2ccccn2)n1. The Morgan fingerprint density at radius 2 is 1.82 bits per heavy atom. The predicted octanol–water partition coefficient (Wildman–Crippen LogP) is 2.14. The Hall–Kier alpha value is -2.77. The summed E-state index contributed by atoms with van der Waals surface area (Å²) in [5.41, 5.74) is 0.400. The second-order valence-corrected chi connectivity index (χ2v) is 8.65. The van der Waals surface area contributed by atoms with E-state index < -0.39 is 0 Å². The van der Waals surface area contributed by atoms with Gasteiger partial charge in [0.25, 0.3) is 0 Å². The lowest BCUT2D eigenvalue weighted by Crippen LogP contribution is -2.54. The third-order valence-corrected chi connectivity index (χ3v) is 6.57. The second kappa shape index (κ2) is 6.68. The van der Waals surface area contributed by atoms with Gasteiger partial charge in [0.1, 0.15) is 5.69 Å². The first-order valence-electron chi connectivity index (χ1n) is 10.0. The first-order valence-corrected chi connectivity index (χ1v) is 10.0. The molecular weight excluding hydrogens is 356 g/mol. The number of pyridine rings is 1. The summed E-state index contributed by atoms with van der Waals surface area (Å²) in [5, 5.41) is 12.2. The molecular formula is C20H24N6O2. The van der Waals surface area contributed by atoms with Gasteiger partial charge < -0.3 is 5.32 Å². The number of aromatic nitrogens is 4. The smallest absolute Gasteiger partial charge is 0.249 e. The highest BCUT2D eigenvalue weighted by molar-refractivity contribution is 5.94. The van der Waals surface area contributed by atoms with Crippen LogP contribution in [0.4, 0.5) is 5.95 Å². The van der Waals surface area contributed by atoms with E-state index in [9.17, 15) is 9.59 Å². The van der Waals surface area contributed by atoms with Gasteiger partial charge in [-0.1, -0.05) is 6.07 Å². The Morgan fingerprint density at radius 1 is 1.11 bits per heavy atom. The van der Waals surface area contributed by atoms with Crippen LogP contribution in [0.25, 0.3) is 11.5 Å². The van der Waals surface area contributed by atoms with Crippen molar-refractivity contribution >= 4 is 17.8 Å². The Morgan fingerprint density at radius 3 is 2.46 bits per heavy atom. The molecule has 0 atom stereocenters. The Labute approximate surface area is 162 Å². The summed E-state index contributed by atoms with van der Waals surface area (Å²) in [6, 6.07) is 5.47. The van der Waals surface area contributed by atoms with Crippen molar-refractivity contribution in [2.24, 2.45) is 23.2 Å². The zero-order chi connectivity index (χ0) is 19.1. The molecule has 28 heavy (non-hydrogen) atoms. The van der Waals surface area contributed by atoms with Crippen molar-refractivity contribution in [3.63, 3.8) is 0 Å². The summed E-state index contributed by atoms with van der Waals surface area (Å²) in [7, 11) is 0. The lowest BCUT2D eigenvalue weighted by Gasteiger charge is -2.55. The molecule has 0 aromatic carbocycles. The van der Waals surface area contributed by atoms with Gasteiger partial charge in [-0.05, 0) is 68.4 Å². The third kappa shape index (κ3) is 3.16. The molecule has 4 aliphatic carbocycles. The summed E-state index contributed by atoms with van der Waals surface area (Å²) in [4.78, 5) is 33.6. The highest BCUT2D eigenvalue weighted by atomic mass is 16.2. The quantitative estimate of drug-likeness (QED) is 0.736. The van der Waals surface area contributed by atoms with E-state index >= 15 is 0 Å². The number of carbonyl (C=O) groups excluding carboxylic acids is 2. The number of rotatable bonds is 5. The fraction of sp³-hybridized carbons (Fsp3) is 0.550. The van der Waals surface area contributed by atoms with Crippen LogP contribution in [-0.2, 0) is 9.59 Å².